The minimum atomic E-state index is 0.536. The van der Waals surface area contributed by atoms with E-state index in [1.807, 2.05) is 0 Å². The normalized spacial score (nSPS) is 24.6. The molecule has 0 aromatic rings. The van der Waals surface area contributed by atoms with Crippen molar-refractivity contribution in [3.8, 4) is 0 Å². The second-order valence-electron chi connectivity index (χ2n) is 7.78. The Morgan fingerprint density at radius 1 is 0.789 bits per heavy atom. The predicted molar refractivity (Wildman–Crippen MR) is 86.3 cm³/mol. The second kappa shape index (κ2) is 9.00. The topological polar surface area (TPSA) is 26.0 Å². The van der Waals surface area contributed by atoms with E-state index in [4.69, 9.17) is 5.73 Å². The van der Waals surface area contributed by atoms with Gasteiger partial charge in [0.1, 0.15) is 0 Å². The molecule has 0 spiro atoms. The minimum absolute atomic E-state index is 0.536. The summed E-state index contributed by atoms with van der Waals surface area (Å²) in [6.07, 6.45) is 15.7. The molecule has 1 aliphatic carbocycles. The van der Waals surface area contributed by atoms with Crippen LogP contribution in [0.5, 0.6) is 0 Å². The van der Waals surface area contributed by atoms with Crippen LogP contribution in [0, 0.1) is 17.3 Å². The number of hydrogen-bond acceptors (Lipinski definition) is 1. The van der Waals surface area contributed by atoms with E-state index in [9.17, 15) is 0 Å². The molecule has 0 aliphatic heterocycles. The average molecular weight is 268 g/mol. The van der Waals surface area contributed by atoms with Crippen molar-refractivity contribution in [2.75, 3.05) is 6.54 Å². The van der Waals surface area contributed by atoms with Gasteiger partial charge in [0.25, 0.3) is 0 Å². The number of hydrogen-bond donors (Lipinski definition) is 1. The van der Waals surface area contributed by atoms with Gasteiger partial charge in [-0.05, 0) is 43.1 Å². The summed E-state index contributed by atoms with van der Waals surface area (Å²) in [5, 5.41) is 0. The molecule has 0 amide bonds. The Morgan fingerprint density at radius 2 is 1.32 bits per heavy atom. The molecule has 0 saturated heterocycles. The molecule has 2 N–H and O–H groups in total. The fourth-order valence-electron chi connectivity index (χ4n) is 3.60. The highest BCUT2D eigenvalue weighted by Crippen LogP contribution is 2.41. The molecule has 0 radical (unpaired) electrons. The molecule has 0 unspecified atom stereocenters. The van der Waals surface area contributed by atoms with Gasteiger partial charge in [0.05, 0.1) is 0 Å². The van der Waals surface area contributed by atoms with Crippen molar-refractivity contribution in [1.29, 1.82) is 0 Å². The van der Waals surface area contributed by atoms with Gasteiger partial charge in [0.15, 0.2) is 0 Å². The Morgan fingerprint density at radius 3 is 1.84 bits per heavy atom. The second-order valence-corrected chi connectivity index (χ2v) is 7.78. The summed E-state index contributed by atoms with van der Waals surface area (Å²) in [6, 6.07) is 0. The van der Waals surface area contributed by atoms with E-state index in [1.54, 1.807) is 0 Å². The maximum Gasteiger partial charge on any atom is -0.00773 e. The average Bonchev–Trinajstić information content (AvgIpc) is 2.37. The van der Waals surface area contributed by atoms with E-state index in [2.05, 4.69) is 20.8 Å². The Kier molecular flexibility index (Phi) is 8.06. The first-order valence-corrected chi connectivity index (χ1v) is 8.74. The molecule has 19 heavy (non-hydrogen) atoms. The van der Waals surface area contributed by atoms with Crippen LogP contribution in [-0.4, -0.2) is 6.54 Å². The molecule has 0 aromatic carbocycles. The van der Waals surface area contributed by atoms with Gasteiger partial charge in [-0.25, -0.2) is 0 Å². The van der Waals surface area contributed by atoms with Crippen molar-refractivity contribution in [2.45, 2.75) is 91.4 Å². The van der Waals surface area contributed by atoms with Crippen LogP contribution in [0.15, 0.2) is 0 Å². The summed E-state index contributed by atoms with van der Waals surface area (Å²) in [7, 11) is 0. The van der Waals surface area contributed by atoms with Crippen LogP contribution < -0.4 is 5.73 Å². The van der Waals surface area contributed by atoms with Gasteiger partial charge in [-0.2, -0.15) is 0 Å². The number of rotatable bonds is 8. The highest BCUT2D eigenvalue weighted by molar-refractivity contribution is 4.80. The zero-order valence-electron chi connectivity index (χ0n) is 13.7. The molecular formula is C18H37N. The Labute approximate surface area is 121 Å². The van der Waals surface area contributed by atoms with E-state index in [0.29, 0.717) is 5.41 Å². The van der Waals surface area contributed by atoms with Crippen molar-refractivity contribution in [3.63, 3.8) is 0 Å². The van der Waals surface area contributed by atoms with E-state index in [1.165, 1.54) is 70.6 Å². The SMILES string of the molecule is CC(C)(C)C1CCC(CCCCCCCCN)CC1. The summed E-state index contributed by atoms with van der Waals surface area (Å²) in [5.74, 6) is 2.02. The molecule has 0 atom stereocenters. The zero-order valence-corrected chi connectivity index (χ0v) is 13.7. The first-order chi connectivity index (χ1) is 9.04. The maximum absolute atomic E-state index is 5.51. The number of unbranched alkanes of at least 4 members (excludes halogenated alkanes) is 5. The van der Waals surface area contributed by atoms with Gasteiger partial charge >= 0.3 is 0 Å². The van der Waals surface area contributed by atoms with Gasteiger partial charge in [0, 0.05) is 0 Å². The standard InChI is InChI=1S/C18H37N/c1-18(2,3)17-13-11-16(12-14-17)10-8-6-4-5-7-9-15-19/h16-17H,4-15,19H2,1-3H3. The smallest absolute Gasteiger partial charge is 0.00773 e. The fraction of sp³-hybridized carbons (Fsp3) is 1.00. The van der Waals surface area contributed by atoms with Gasteiger partial charge in [-0.15, -0.1) is 0 Å². The Bertz CT molecular complexity index is 208. The van der Waals surface area contributed by atoms with Crippen LogP contribution >= 0.6 is 0 Å². The molecule has 1 saturated carbocycles. The van der Waals surface area contributed by atoms with E-state index >= 15 is 0 Å². The highest BCUT2D eigenvalue weighted by Gasteiger charge is 2.29. The van der Waals surface area contributed by atoms with Crippen molar-refractivity contribution in [3.05, 3.63) is 0 Å². The van der Waals surface area contributed by atoms with Gasteiger partial charge in [-0.1, -0.05) is 72.1 Å². The third-order valence-electron chi connectivity index (χ3n) is 5.14. The van der Waals surface area contributed by atoms with E-state index < -0.39 is 0 Å². The van der Waals surface area contributed by atoms with Crippen molar-refractivity contribution < 1.29 is 0 Å². The van der Waals surface area contributed by atoms with Crippen LogP contribution in [0.25, 0.3) is 0 Å². The highest BCUT2D eigenvalue weighted by atomic mass is 14.5. The lowest BCUT2D eigenvalue weighted by molar-refractivity contribution is 0.145. The third kappa shape index (κ3) is 7.34. The summed E-state index contributed by atoms with van der Waals surface area (Å²) >= 11 is 0. The van der Waals surface area contributed by atoms with Crippen LogP contribution in [0.2, 0.25) is 0 Å². The molecule has 0 aromatic heterocycles. The van der Waals surface area contributed by atoms with Crippen molar-refractivity contribution in [1.82, 2.24) is 0 Å². The van der Waals surface area contributed by atoms with Crippen LogP contribution in [-0.2, 0) is 0 Å². The largest absolute Gasteiger partial charge is 0.330 e. The van der Waals surface area contributed by atoms with Crippen LogP contribution in [0.4, 0.5) is 0 Å². The summed E-state index contributed by atoms with van der Waals surface area (Å²) in [6.45, 7) is 8.12. The van der Waals surface area contributed by atoms with Gasteiger partial charge < -0.3 is 5.73 Å². The first-order valence-electron chi connectivity index (χ1n) is 8.74. The lowest BCUT2D eigenvalue weighted by Gasteiger charge is -2.37. The van der Waals surface area contributed by atoms with Crippen molar-refractivity contribution in [2.24, 2.45) is 23.0 Å². The van der Waals surface area contributed by atoms with Gasteiger partial charge in [-0.3, -0.25) is 0 Å². The number of nitrogens with two attached hydrogens (primary N) is 1. The van der Waals surface area contributed by atoms with Crippen molar-refractivity contribution >= 4 is 0 Å². The summed E-state index contributed by atoms with van der Waals surface area (Å²) < 4.78 is 0. The van der Waals surface area contributed by atoms with E-state index in [-0.39, 0.29) is 0 Å². The quantitative estimate of drug-likeness (QED) is 0.575. The van der Waals surface area contributed by atoms with Crippen LogP contribution in [0.3, 0.4) is 0 Å². The predicted octanol–water partition coefficient (Wildman–Crippen LogP) is 5.53. The lowest BCUT2D eigenvalue weighted by Crippen LogP contribution is -2.25. The molecule has 114 valence electrons. The minimum Gasteiger partial charge on any atom is -0.330 e. The fourth-order valence-corrected chi connectivity index (χ4v) is 3.60. The molecule has 1 heteroatoms. The first kappa shape index (κ1) is 17.0. The lowest BCUT2D eigenvalue weighted by atomic mass is 9.69. The summed E-state index contributed by atoms with van der Waals surface area (Å²) in [4.78, 5) is 0. The molecule has 1 rings (SSSR count). The summed E-state index contributed by atoms with van der Waals surface area (Å²) in [5.41, 5.74) is 6.04. The van der Waals surface area contributed by atoms with E-state index in [0.717, 1.165) is 18.4 Å². The zero-order chi connectivity index (χ0) is 14.1. The molecular weight excluding hydrogens is 230 g/mol. The Balaban J connectivity index is 1.98. The Hall–Kier alpha value is -0.0400. The molecule has 1 fully saturated rings. The van der Waals surface area contributed by atoms with Crippen LogP contribution in [0.1, 0.15) is 91.4 Å². The molecule has 0 heterocycles. The van der Waals surface area contributed by atoms with Gasteiger partial charge in [0.2, 0.25) is 0 Å². The molecule has 1 aliphatic rings. The molecule has 1 nitrogen and oxygen atoms in total. The monoisotopic (exact) mass is 267 g/mol. The third-order valence-corrected chi connectivity index (χ3v) is 5.14. The maximum atomic E-state index is 5.51. The molecule has 0 bridgehead atoms.